The number of allylic oxidation sites excluding steroid dienone is 12. The molecule has 0 saturated heterocycles. The Hall–Kier alpha value is -2.06. The quantitative estimate of drug-likeness (QED) is 0.0215. The van der Waals surface area contributed by atoms with E-state index in [2.05, 4.69) is 86.8 Å². The van der Waals surface area contributed by atoms with Gasteiger partial charge in [-0.25, -0.2) is 0 Å². The molecule has 0 saturated carbocycles. The Bertz CT molecular complexity index is 1030. The Labute approximate surface area is 306 Å². The first-order chi connectivity index (χ1) is 24.1. The molecule has 2 atom stereocenters. The molecule has 0 aliphatic rings. The predicted molar refractivity (Wildman–Crippen MR) is 208 cm³/mol. The number of carbonyl (C=O) groups excluding carboxylic acids is 1. The smallest absolute Gasteiger partial charge is 0.306 e. The highest BCUT2D eigenvalue weighted by Gasteiger charge is 2.20. The van der Waals surface area contributed by atoms with Crippen molar-refractivity contribution in [1.82, 2.24) is 0 Å². The van der Waals surface area contributed by atoms with Crippen molar-refractivity contribution in [3.05, 3.63) is 72.9 Å². The average molecular weight is 722 g/mol. The predicted octanol–water partition coefficient (Wildman–Crippen LogP) is 10.1. The van der Waals surface area contributed by atoms with E-state index in [1.807, 2.05) is 21.1 Å². The number of phosphoric ester groups is 1. The molecule has 0 rings (SSSR count). The summed E-state index contributed by atoms with van der Waals surface area (Å²) in [6.07, 6.45) is 42.6. The van der Waals surface area contributed by atoms with Gasteiger partial charge in [-0.3, -0.25) is 9.36 Å². The van der Waals surface area contributed by atoms with Gasteiger partial charge in [0.05, 0.1) is 34.4 Å². The Morgan fingerprint density at radius 1 is 0.640 bits per heavy atom. The molecule has 0 aromatic heterocycles. The Balaban J connectivity index is 4.08. The molecule has 288 valence electrons. The van der Waals surface area contributed by atoms with E-state index in [0.29, 0.717) is 24.1 Å². The van der Waals surface area contributed by atoms with Crippen LogP contribution in [0.25, 0.3) is 0 Å². The molecule has 0 aromatic carbocycles. The van der Waals surface area contributed by atoms with Crippen LogP contribution < -0.4 is 4.89 Å². The van der Waals surface area contributed by atoms with E-state index in [4.69, 9.17) is 18.5 Å². The number of esters is 1. The van der Waals surface area contributed by atoms with E-state index in [9.17, 15) is 14.3 Å². The molecule has 0 spiro atoms. The van der Waals surface area contributed by atoms with Crippen molar-refractivity contribution in [2.45, 2.75) is 129 Å². The van der Waals surface area contributed by atoms with Gasteiger partial charge in [0.1, 0.15) is 19.3 Å². The first-order valence-corrected chi connectivity index (χ1v) is 20.6. The van der Waals surface area contributed by atoms with Gasteiger partial charge >= 0.3 is 5.97 Å². The minimum Gasteiger partial charge on any atom is -0.756 e. The van der Waals surface area contributed by atoms with E-state index in [1.165, 1.54) is 12.8 Å². The van der Waals surface area contributed by atoms with Gasteiger partial charge in [-0.05, 0) is 64.2 Å². The SMILES string of the molecule is CC/C=C\C/C=C\C/C=C\C/C=C\C/C=C\C/C=C\CCCCCCCOCC(COP(=O)([O-])OCC[N+](C)(C)C)OC(=O)CCCCCC. The van der Waals surface area contributed by atoms with Crippen LogP contribution in [-0.2, 0) is 27.9 Å². The van der Waals surface area contributed by atoms with Crippen molar-refractivity contribution in [2.24, 2.45) is 0 Å². The van der Waals surface area contributed by atoms with Crippen LogP contribution in [0.1, 0.15) is 123 Å². The molecule has 0 fully saturated rings. The fraction of sp³-hybridized carbons (Fsp3) is 0.683. The van der Waals surface area contributed by atoms with Crippen LogP contribution in [0.15, 0.2) is 72.9 Å². The minimum absolute atomic E-state index is 0.0179. The average Bonchev–Trinajstić information content (AvgIpc) is 3.06. The minimum atomic E-state index is -4.51. The van der Waals surface area contributed by atoms with Crippen molar-refractivity contribution >= 4 is 13.8 Å². The van der Waals surface area contributed by atoms with E-state index >= 15 is 0 Å². The summed E-state index contributed by atoms with van der Waals surface area (Å²) >= 11 is 0. The Kier molecular flexibility index (Phi) is 32.6. The van der Waals surface area contributed by atoms with Gasteiger partial charge in [-0.15, -0.1) is 0 Å². The van der Waals surface area contributed by atoms with Crippen molar-refractivity contribution in [3.8, 4) is 0 Å². The lowest BCUT2D eigenvalue weighted by molar-refractivity contribution is -0.870. The summed E-state index contributed by atoms with van der Waals surface area (Å²) in [6.45, 7) is 5.08. The van der Waals surface area contributed by atoms with Gasteiger partial charge in [0.2, 0.25) is 0 Å². The van der Waals surface area contributed by atoms with Gasteiger partial charge < -0.3 is 27.9 Å². The van der Waals surface area contributed by atoms with E-state index in [0.717, 1.165) is 89.9 Å². The molecule has 0 radical (unpaired) electrons. The zero-order valence-electron chi connectivity index (χ0n) is 32.3. The highest BCUT2D eigenvalue weighted by molar-refractivity contribution is 7.45. The molecular weight excluding hydrogens is 649 g/mol. The Morgan fingerprint density at radius 2 is 1.16 bits per heavy atom. The molecule has 2 unspecified atom stereocenters. The number of likely N-dealkylation sites (N-methyl/N-ethyl adjacent to an activating group) is 1. The summed E-state index contributed by atoms with van der Waals surface area (Å²) in [6, 6.07) is 0. The van der Waals surface area contributed by atoms with Crippen LogP contribution >= 0.6 is 7.82 Å². The third-order valence-corrected chi connectivity index (χ3v) is 8.49. The highest BCUT2D eigenvalue weighted by atomic mass is 31.2. The second-order valence-corrected chi connectivity index (χ2v) is 15.0. The molecule has 0 aromatic rings. The van der Waals surface area contributed by atoms with E-state index in [-0.39, 0.29) is 25.8 Å². The molecule has 0 bridgehead atoms. The van der Waals surface area contributed by atoms with Crippen LogP contribution in [0.2, 0.25) is 0 Å². The number of quaternary nitrogens is 1. The van der Waals surface area contributed by atoms with Crippen molar-refractivity contribution in [3.63, 3.8) is 0 Å². The maximum atomic E-state index is 12.3. The zero-order chi connectivity index (χ0) is 37.0. The number of nitrogens with zero attached hydrogens (tertiary/aromatic N) is 1. The maximum Gasteiger partial charge on any atom is 0.306 e. The largest absolute Gasteiger partial charge is 0.756 e. The number of carbonyl (C=O) groups is 1. The van der Waals surface area contributed by atoms with Gasteiger partial charge in [0.25, 0.3) is 7.82 Å². The van der Waals surface area contributed by atoms with E-state index in [1.54, 1.807) is 0 Å². The summed E-state index contributed by atoms with van der Waals surface area (Å²) in [7, 11) is 1.32. The molecule has 8 nitrogen and oxygen atoms in total. The molecular formula is C41H72NO7P. The third kappa shape index (κ3) is 37.2. The molecule has 0 aliphatic carbocycles. The fourth-order valence-corrected chi connectivity index (χ4v) is 5.27. The Morgan fingerprint density at radius 3 is 1.72 bits per heavy atom. The molecule has 0 N–H and O–H groups in total. The molecule has 0 aliphatic heterocycles. The van der Waals surface area contributed by atoms with Crippen LogP contribution in [-0.4, -0.2) is 70.7 Å². The summed E-state index contributed by atoms with van der Waals surface area (Å²) in [5.74, 6) is -0.364. The van der Waals surface area contributed by atoms with Crippen LogP contribution in [0.3, 0.4) is 0 Å². The number of unbranched alkanes of at least 4 members (excludes halogenated alkanes) is 8. The molecule has 0 heterocycles. The molecule has 50 heavy (non-hydrogen) atoms. The number of phosphoric acid groups is 1. The number of rotatable bonds is 34. The normalized spacial score (nSPS) is 14.8. The van der Waals surface area contributed by atoms with Crippen molar-refractivity contribution in [1.29, 1.82) is 0 Å². The molecule has 0 amide bonds. The maximum absolute atomic E-state index is 12.3. The lowest BCUT2D eigenvalue weighted by Gasteiger charge is -2.28. The highest BCUT2D eigenvalue weighted by Crippen LogP contribution is 2.38. The first-order valence-electron chi connectivity index (χ1n) is 19.2. The third-order valence-electron chi connectivity index (χ3n) is 7.52. The summed E-state index contributed by atoms with van der Waals surface area (Å²) in [4.78, 5) is 24.6. The van der Waals surface area contributed by atoms with Crippen molar-refractivity contribution in [2.75, 3.05) is 54.1 Å². The first kappa shape index (κ1) is 47.9. The van der Waals surface area contributed by atoms with Crippen LogP contribution in [0.4, 0.5) is 0 Å². The lowest BCUT2D eigenvalue weighted by atomic mass is 10.1. The van der Waals surface area contributed by atoms with Gasteiger partial charge in [-0.1, -0.05) is 125 Å². The standard InChI is InChI=1S/C41H72NO7P/c1-6-8-10-12-13-14-15-16-17-18-19-20-21-22-23-24-25-26-27-28-29-30-31-33-36-46-38-40(49-41(43)34-32-11-9-7-2)39-48-50(44,45)47-37-35-42(3,4)5/h8,10,13-14,16-17,19-20,22-23,25-26,40H,6-7,9,11-12,15,18,21,24,27-39H2,1-5H3/b10-8-,14-13-,17-16-,20-19-,23-22-,26-25-. The summed E-state index contributed by atoms with van der Waals surface area (Å²) in [5.41, 5.74) is 0. The van der Waals surface area contributed by atoms with Crippen LogP contribution in [0.5, 0.6) is 0 Å². The molecule has 9 heteroatoms. The van der Waals surface area contributed by atoms with Crippen molar-refractivity contribution < 1.29 is 37.3 Å². The summed E-state index contributed by atoms with van der Waals surface area (Å²) in [5, 5.41) is 0. The lowest BCUT2D eigenvalue weighted by Crippen LogP contribution is -2.37. The van der Waals surface area contributed by atoms with Gasteiger partial charge in [0, 0.05) is 13.0 Å². The number of hydrogen-bond acceptors (Lipinski definition) is 7. The number of ether oxygens (including phenoxy) is 2. The second kappa shape index (κ2) is 34.0. The van der Waals surface area contributed by atoms with Gasteiger partial charge in [0.15, 0.2) is 0 Å². The monoisotopic (exact) mass is 722 g/mol. The second-order valence-electron chi connectivity index (χ2n) is 13.6. The van der Waals surface area contributed by atoms with E-state index < -0.39 is 13.9 Å². The van der Waals surface area contributed by atoms with Crippen LogP contribution in [0, 0.1) is 0 Å². The van der Waals surface area contributed by atoms with Gasteiger partial charge in [-0.2, -0.15) is 0 Å². The summed E-state index contributed by atoms with van der Waals surface area (Å²) < 4.78 is 34.1. The fourth-order valence-electron chi connectivity index (χ4n) is 4.55. The zero-order valence-corrected chi connectivity index (χ0v) is 33.2. The topological polar surface area (TPSA) is 94.1 Å². The number of hydrogen-bond donors (Lipinski definition) is 0.